The molecule has 2 aromatic rings. The first kappa shape index (κ1) is 15.0. The summed E-state index contributed by atoms with van der Waals surface area (Å²) in [7, 11) is 0. The number of hydrogen-bond donors (Lipinski definition) is 1. The highest BCUT2D eigenvalue weighted by atomic mass is 35.5. The average molecular weight is 320 g/mol. The quantitative estimate of drug-likeness (QED) is 0.773. The van der Waals surface area contributed by atoms with Gasteiger partial charge in [0.15, 0.2) is 0 Å². The zero-order chi connectivity index (χ0) is 14.8. The Balaban J connectivity index is 2.16. The fraction of sp³-hybridized carbons (Fsp3) is 0.143. The number of anilines is 1. The Bertz CT molecular complexity index is 612. The second-order valence-electron chi connectivity index (χ2n) is 4.21. The van der Waals surface area contributed by atoms with Gasteiger partial charge in [-0.05, 0) is 35.9 Å². The lowest BCUT2D eigenvalue weighted by Gasteiger charge is -2.12. The SMILES string of the molecule is FC(F)(F)c1cc(Cl)cc(NCc2cccc(Cl)c2)c1. The molecule has 0 aromatic heterocycles. The molecule has 0 bridgehead atoms. The summed E-state index contributed by atoms with van der Waals surface area (Å²) < 4.78 is 38.0. The lowest BCUT2D eigenvalue weighted by molar-refractivity contribution is -0.137. The maximum atomic E-state index is 12.7. The smallest absolute Gasteiger partial charge is 0.381 e. The molecular formula is C14H10Cl2F3N. The van der Waals surface area contributed by atoms with Gasteiger partial charge in [0.2, 0.25) is 0 Å². The first-order valence-electron chi connectivity index (χ1n) is 5.71. The van der Waals surface area contributed by atoms with Crippen LogP contribution in [-0.4, -0.2) is 0 Å². The molecule has 20 heavy (non-hydrogen) atoms. The molecule has 0 fully saturated rings. The third-order valence-corrected chi connectivity index (χ3v) is 3.06. The van der Waals surface area contributed by atoms with E-state index >= 15 is 0 Å². The van der Waals surface area contributed by atoms with E-state index in [1.165, 1.54) is 6.07 Å². The predicted molar refractivity (Wildman–Crippen MR) is 75.2 cm³/mol. The van der Waals surface area contributed by atoms with Gasteiger partial charge in [-0.25, -0.2) is 0 Å². The molecule has 0 saturated carbocycles. The summed E-state index contributed by atoms with van der Waals surface area (Å²) >= 11 is 11.5. The Labute approximate surface area is 124 Å². The third kappa shape index (κ3) is 4.05. The van der Waals surface area contributed by atoms with Crippen molar-refractivity contribution in [2.75, 3.05) is 5.32 Å². The van der Waals surface area contributed by atoms with Crippen LogP contribution in [0.3, 0.4) is 0 Å². The molecule has 0 saturated heterocycles. The zero-order valence-corrected chi connectivity index (χ0v) is 11.7. The molecule has 0 aliphatic carbocycles. The summed E-state index contributed by atoms with van der Waals surface area (Å²) in [5, 5.41) is 3.51. The minimum Gasteiger partial charge on any atom is -0.381 e. The Morgan fingerprint density at radius 3 is 2.35 bits per heavy atom. The van der Waals surface area contributed by atoms with Crippen molar-refractivity contribution in [2.45, 2.75) is 12.7 Å². The van der Waals surface area contributed by atoms with Crippen molar-refractivity contribution in [1.29, 1.82) is 0 Å². The van der Waals surface area contributed by atoms with E-state index in [1.807, 2.05) is 6.07 Å². The van der Waals surface area contributed by atoms with Crippen LogP contribution in [0.15, 0.2) is 42.5 Å². The van der Waals surface area contributed by atoms with E-state index in [-0.39, 0.29) is 5.02 Å². The van der Waals surface area contributed by atoms with Crippen molar-refractivity contribution in [3.63, 3.8) is 0 Å². The summed E-state index contributed by atoms with van der Waals surface area (Å²) in [4.78, 5) is 0. The van der Waals surface area contributed by atoms with E-state index in [2.05, 4.69) is 5.32 Å². The third-order valence-electron chi connectivity index (χ3n) is 2.61. The molecule has 0 aliphatic rings. The monoisotopic (exact) mass is 319 g/mol. The van der Waals surface area contributed by atoms with Gasteiger partial charge < -0.3 is 5.32 Å². The second kappa shape index (κ2) is 5.94. The van der Waals surface area contributed by atoms with Crippen molar-refractivity contribution in [2.24, 2.45) is 0 Å². The second-order valence-corrected chi connectivity index (χ2v) is 5.08. The minimum absolute atomic E-state index is 0.0356. The maximum Gasteiger partial charge on any atom is 0.416 e. The molecule has 0 atom stereocenters. The van der Waals surface area contributed by atoms with Crippen LogP contribution in [-0.2, 0) is 12.7 Å². The van der Waals surface area contributed by atoms with E-state index in [0.29, 0.717) is 17.3 Å². The standard InChI is InChI=1S/C14H10Cl2F3N/c15-11-3-1-2-9(4-11)8-20-13-6-10(14(17,18)19)5-12(16)7-13/h1-7,20H,8H2. The molecule has 0 amide bonds. The van der Waals surface area contributed by atoms with Crippen LogP contribution in [0.25, 0.3) is 0 Å². The lowest BCUT2D eigenvalue weighted by atomic mass is 10.1. The Kier molecular flexibility index (Phi) is 4.45. The minimum atomic E-state index is -4.42. The van der Waals surface area contributed by atoms with E-state index in [4.69, 9.17) is 23.2 Å². The van der Waals surface area contributed by atoms with Gasteiger partial charge in [-0.3, -0.25) is 0 Å². The maximum absolute atomic E-state index is 12.7. The van der Waals surface area contributed by atoms with E-state index < -0.39 is 11.7 Å². The van der Waals surface area contributed by atoms with Crippen LogP contribution in [0.5, 0.6) is 0 Å². The molecule has 0 unspecified atom stereocenters. The Morgan fingerprint density at radius 2 is 1.70 bits per heavy atom. The number of benzene rings is 2. The largest absolute Gasteiger partial charge is 0.416 e. The Hall–Kier alpha value is -1.39. The highest BCUT2D eigenvalue weighted by Crippen LogP contribution is 2.33. The molecule has 2 aromatic carbocycles. The molecule has 0 radical (unpaired) electrons. The van der Waals surface area contributed by atoms with Gasteiger partial charge in [0.05, 0.1) is 5.56 Å². The van der Waals surface area contributed by atoms with Crippen molar-refractivity contribution in [1.82, 2.24) is 0 Å². The summed E-state index contributed by atoms with van der Waals surface area (Å²) in [5.74, 6) is 0. The lowest BCUT2D eigenvalue weighted by Crippen LogP contribution is -2.06. The van der Waals surface area contributed by atoms with Crippen LogP contribution in [0.2, 0.25) is 10.0 Å². The van der Waals surface area contributed by atoms with E-state index in [0.717, 1.165) is 17.7 Å². The fourth-order valence-electron chi connectivity index (χ4n) is 1.71. The van der Waals surface area contributed by atoms with Crippen molar-refractivity contribution < 1.29 is 13.2 Å². The number of nitrogens with one attached hydrogen (secondary N) is 1. The first-order chi connectivity index (χ1) is 9.34. The normalized spacial score (nSPS) is 11.4. The topological polar surface area (TPSA) is 12.0 Å². The molecule has 1 nitrogen and oxygen atoms in total. The summed E-state index contributed by atoms with van der Waals surface area (Å²) in [6, 6.07) is 10.4. The number of halogens is 5. The van der Waals surface area contributed by atoms with Gasteiger partial charge in [0, 0.05) is 22.3 Å². The molecule has 0 heterocycles. The number of rotatable bonds is 3. The predicted octanol–water partition coefficient (Wildman–Crippen LogP) is 5.62. The van der Waals surface area contributed by atoms with Crippen LogP contribution in [0.1, 0.15) is 11.1 Å². The number of hydrogen-bond acceptors (Lipinski definition) is 1. The summed E-state index contributed by atoms with van der Waals surface area (Å²) in [6.45, 7) is 0.359. The molecular weight excluding hydrogens is 310 g/mol. The van der Waals surface area contributed by atoms with Gasteiger partial charge in [-0.1, -0.05) is 35.3 Å². The summed E-state index contributed by atoms with van der Waals surface area (Å²) in [6.07, 6.45) is -4.42. The zero-order valence-electron chi connectivity index (χ0n) is 10.1. The highest BCUT2D eigenvalue weighted by Gasteiger charge is 2.31. The summed E-state index contributed by atoms with van der Waals surface area (Å²) in [5.41, 5.74) is 0.398. The first-order valence-corrected chi connectivity index (χ1v) is 6.46. The molecule has 6 heteroatoms. The average Bonchev–Trinajstić information content (AvgIpc) is 2.35. The molecule has 0 spiro atoms. The van der Waals surface area contributed by atoms with Crippen LogP contribution >= 0.6 is 23.2 Å². The van der Waals surface area contributed by atoms with Crippen LogP contribution in [0, 0.1) is 0 Å². The molecule has 106 valence electrons. The van der Waals surface area contributed by atoms with Gasteiger partial charge in [-0.2, -0.15) is 13.2 Å². The van der Waals surface area contributed by atoms with Crippen LogP contribution < -0.4 is 5.32 Å². The molecule has 0 aliphatic heterocycles. The van der Waals surface area contributed by atoms with Crippen molar-refractivity contribution >= 4 is 28.9 Å². The molecule has 1 N–H and O–H groups in total. The van der Waals surface area contributed by atoms with E-state index in [1.54, 1.807) is 18.2 Å². The van der Waals surface area contributed by atoms with Crippen molar-refractivity contribution in [3.8, 4) is 0 Å². The number of alkyl halides is 3. The highest BCUT2D eigenvalue weighted by molar-refractivity contribution is 6.31. The fourth-order valence-corrected chi connectivity index (χ4v) is 2.15. The van der Waals surface area contributed by atoms with Gasteiger partial charge in [-0.15, -0.1) is 0 Å². The van der Waals surface area contributed by atoms with E-state index in [9.17, 15) is 13.2 Å². The van der Waals surface area contributed by atoms with Crippen LogP contribution in [0.4, 0.5) is 18.9 Å². The van der Waals surface area contributed by atoms with Gasteiger partial charge >= 0.3 is 6.18 Å². The van der Waals surface area contributed by atoms with Gasteiger partial charge in [0.1, 0.15) is 0 Å². The van der Waals surface area contributed by atoms with Gasteiger partial charge in [0.25, 0.3) is 0 Å². The Morgan fingerprint density at radius 1 is 0.950 bits per heavy atom. The van der Waals surface area contributed by atoms with Crippen molar-refractivity contribution in [3.05, 3.63) is 63.6 Å². The molecule has 2 rings (SSSR count).